The fourth-order valence-corrected chi connectivity index (χ4v) is 2.70. The molecule has 0 aliphatic rings. The van der Waals surface area contributed by atoms with Gasteiger partial charge in [0, 0.05) is 27.6 Å². The first-order valence-electron chi connectivity index (χ1n) is 6.33. The Labute approximate surface area is 121 Å². The van der Waals surface area contributed by atoms with Gasteiger partial charge in [0.25, 0.3) is 0 Å². The number of allylic oxidation sites excluding steroid dienone is 1. The molecule has 98 valence electrons. The molecule has 0 unspecified atom stereocenters. The molecule has 0 saturated heterocycles. The molecule has 3 heteroatoms. The monoisotopic (exact) mass is 279 g/mol. The largest absolute Gasteiger partial charge is 0.360 e. The van der Waals surface area contributed by atoms with Crippen molar-refractivity contribution in [2.45, 2.75) is 4.90 Å². The van der Waals surface area contributed by atoms with Crippen LogP contribution in [-0.4, -0.2) is 10.8 Å². The van der Waals surface area contributed by atoms with Crippen LogP contribution in [0.1, 0.15) is 10.4 Å². The van der Waals surface area contributed by atoms with Crippen LogP contribution >= 0.6 is 11.8 Å². The van der Waals surface area contributed by atoms with E-state index in [0.717, 1.165) is 15.8 Å². The van der Waals surface area contributed by atoms with Crippen molar-refractivity contribution in [2.24, 2.45) is 0 Å². The quantitative estimate of drug-likeness (QED) is 0.428. The van der Waals surface area contributed by atoms with E-state index < -0.39 is 0 Å². The summed E-state index contributed by atoms with van der Waals surface area (Å²) in [4.78, 5) is 16.4. The summed E-state index contributed by atoms with van der Waals surface area (Å²) >= 11 is 1.54. The van der Waals surface area contributed by atoms with Crippen molar-refractivity contribution in [1.29, 1.82) is 0 Å². The molecule has 3 rings (SSSR count). The van der Waals surface area contributed by atoms with E-state index >= 15 is 0 Å². The minimum Gasteiger partial charge on any atom is -0.360 e. The van der Waals surface area contributed by atoms with Crippen LogP contribution in [-0.2, 0) is 0 Å². The van der Waals surface area contributed by atoms with Gasteiger partial charge in [-0.1, -0.05) is 48.2 Å². The van der Waals surface area contributed by atoms with E-state index in [2.05, 4.69) is 4.98 Å². The summed E-state index contributed by atoms with van der Waals surface area (Å²) in [6, 6.07) is 17.8. The summed E-state index contributed by atoms with van der Waals surface area (Å²) in [5.74, 6) is 0.0193. The summed E-state index contributed by atoms with van der Waals surface area (Å²) in [5, 5.41) is 2.80. The lowest BCUT2D eigenvalue weighted by Gasteiger charge is -1.95. The van der Waals surface area contributed by atoms with E-state index in [1.165, 1.54) is 11.8 Å². The van der Waals surface area contributed by atoms with Crippen LogP contribution in [0.25, 0.3) is 10.9 Å². The van der Waals surface area contributed by atoms with E-state index in [1.807, 2.05) is 60.0 Å². The molecule has 1 N–H and O–H groups in total. The second kappa shape index (κ2) is 5.80. The molecule has 0 bridgehead atoms. The Morgan fingerprint density at radius 2 is 1.75 bits per heavy atom. The summed E-state index contributed by atoms with van der Waals surface area (Å²) in [6.45, 7) is 0. The van der Waals surface area contributed by atoms with Gasteiger partial charge in [-0.15, -0.1) is 0 Å². The molecule has 0 spiro atoms. The molecular weight excluding hydrogens is 266 g/mol. The van der Waals surface area contributed by atoms with Crippen LogP contribution in [0.15, 0.2) is 77.2 Å². The molecule has 0 aliphatic carbocycles. The lowest BCUT2D eigenvalue weighted by molar-refractivity contribution is 0.104. The van der Waals surface area contributed by atoms with Crippen LogP contribution in [0.3, 0.4) is 0 Å². The SMILES string of the molecule is O=C(/C=C/Sc1ccccc1)c1c[nH]c2ccccc12. The number of hydrogen-bond donors (Lipinski definition) is 1. The topological polar surface area (TPSA) is 32.9 Å². The van der Waals surface area contributed by atoms with Gasteiger partial charge in [-0.25, -0.2) is 0 Å². The Morgan fingerprint density at radius 1 is 1.00 bits per heavy atom. The van der Waals surface area contributed by atoms with E-state index in [-0.39, 0.29) is 5.78 Å². The van der Waals surface area contributed by atoms with Crippen molar-refractivity contribution in [1.82, 2.24) is 4.98 Å². The molecule has 0 aliphatic heterocycles. The molecule has 0 radical (unpaired) electrons. The van der Waals surface area contributed by atoms with E-state index in [1.54, 1.807) is 12.3 Å². The molecule has 1 aromatic heterocycles. The average Bonchev–Trinajstić information content (AvgIpc) is 2.92. The average molecular weight is 279 g/mol. The normalized spacial score (nSPS) is 11.2. The Bertz CT molecular complexity index is 759. The van der Waals surface area contributed by atoms with Crippen molar-refractivity contribution in [3.8, 4) is 0 Å². The van der Waals surface area contributed by atoms with Gasteiger partial charge in [-0.05, 0) is 29.7 Å². The number of thioether (sulfide) groups is 1. The van der Waals surface area contributed by atoms with Crippen molar-refractivity contribution in [3.05, 3.63) is 77.8 Å². The fourth-order valence-electron chi connectivity index (χ4n) is 2.04. The van der Waals surface area contributed by atoms with Gasteiger partial charge in [0.1, 0.15) is 0 Å². The third kappa shape index (κ3) is 2.68. The maximum atomic E-state index is 12.2. The number of carbonyl (C=O) groups is 1. The lowest BCUT2D eigenvalue weighted by Crippen LogP contribution is -1.91. The predicted octanol–water partition coefficient (Wildman–Crippen LogP) is 4.66. The van der Waals surface area contributed by atoms with Crippen LogP contribution in [0.2, 0.25) is 0 Å². The Morgan fingerprint density at radius 3 is 2.60 bits per heavy atom. The fraction of sp³-hybridized carbons (Fsp3) is 0. The summed E-state index contributed by atoms with van der Waals surface area (Å²) in [7, 11) is 0. The van der Waals surface area contributed by atoms with Gasteiger partial charge in [-0.2, -0.15) is 0 Å². The first kappa shape index (κ1) is 12.8. The number of ketones is 1. The second-order valence-corrected chi connectivity index (χ2v) is 5.33. The lowest BCUT2D eigenvalue weighted by atomic mass is 10.1. The molecule has 0 atom stereocenters. The van der Waals surface area contributed by atoms with Gasteiger partial charge in [0.15, 0.2) is 5.78 Å². The summed E-state index contributed by atoms with van der Waals surface area (Å²) in [6.07, 6.45) is 3.39. The highest BCUT2D eigenvalue weighted by Crippen LogP contribution is 2.21. The van der Waals surface area contributed by atoms with E-state index in [0.29, 0.717) is 5.56 Å². The zero-order chi connectivity index (χ0) is 13.8. The van der Waals surface area contributed by atoms with Gasteiger partial charge in [-0.3, -0.25) is 4.79 Å². The third-order valence-electron chi connectivity index (χ3n) is 3.02. The number of benzene rings is 2. The number of aromatic amines is 1. The van der Waals surface area contributed by atoms with Crippen molar-refractivity contribution in [2.75, 3.05) is 0 Å². The Balaban J connectivity index is 1.76. The van der Waals surface area contributed by atoms with Crippen molar-refractivity contribution in [3.63, 3.8) is 0 Å². The van der Waals surface area contributed by atoms with Gasteiger partial charge in [0.05, 0.1) is 0 Å². The smallest absolute Gasteiger partial charge is 0.188 e. The molecular formula is C17H13NOS. The highest BCUT2D eigenvalue weighted by Gasteiger charge is 2.08. The van der Waals surface area contributed by atoms with Crippen molar-refractivity contribution < 1.29 is 4.79 Å². The minimum atomic E-state index is 0.0193. The third-order valence-corrected chi connectivity index (χ3v) is 3.84. The molecule has 2 nitrogen and oxygen atoms in total. The number of H-pyrrole nitrogens is 1. The Hall–Kier alpha value is -2.26. The zero-order valence-corrected chi connectivity index (χ0v) is 11.6. The number of rotatable bonds is 4. The molecule has 20 heavy (non-hydrogen) atoms. The number of carbonyl (C=O) groups excluding carboxylic acids is 1. The highest BCUT2D eigenvalue weighted by molar-refractivity contribution is 8.02. The van der Waals surface area contributed by atoms with Crippen LogP contribution in [0, 0.1) is 0 Å². The first-order valence-corrected chi connectivity index (χ1v) is 7.21. The number of fused-ring (bicyclic) bond motifs is 1. The molecule has 0 saturated carbocycles. The molecule has 0 amide bonds. The summed E-state index contributed by atoms with van der Waals surface area (Å²) < 4.78 is 0. The first-order chi connectivity index (χ1) is 9.84. The highest BCUT2D eigenvalue weighted by atomic mass is 32.2. The number of nitrogens with one attached hydrogen (secondary N) is 1. The van der Waals surface area contributed by atoms with Gasteiger partial charge >= 0.3 is 0 Å². The maximum absolute atomic E-state index is 12.2. The van der Waals surface area contributed by atoms with Crippen molar-refractivity contribution >= 4 is 28.4 Å². The Kier molecular flexibility index (Phi) is 3.70. The number of aromatic nitrogens is 1. The molecule has 1 heterocycles. The summed E-state index contributed by atoms with van der Waals surface area (Å²) in [5.41, 5.74) is 1.70. The molecule has 2 aromatic carbocycles. The predicted molar refractivity (Wildman–Crippen MR) is 84.1 cm³/mol. The maximum Gasteiger partial charge on any atom is 0.188 e. The molecule has 0 fully saturated rings. The molecule has 3 aromatic rings. The van der Waals surface area contributed by atoms with Gasteiger partial charge in [0.2, 0.25) is 0 Å². The van der Waals surface area contributed by atoms with E-state index in [4.69, 9.17) is 0 Å². The second-order valence-electron chi connectivity index (χ2n) is 4.35. The number of hydrogen-bond acceptors (Lipinski definition) is 2. The van der Waals surface area contributed by atoms with Crippen LogP contribution in [0.5, 0.6) is 0 Å². The van der Waals surface area contributed by atoms with E-state index in [9.17, 15) is 4.79 Å². The minimum absolute atomic E-state index is 0.0193. The van der Waals surface area contributed by atoms with Crippen LogP contribution in [0.4, 0.5) is 0 Å². The number of para-hydroxylation sites is 1. The van der Waals surface area contributed by atoms with Crippen LogP contribution < -0.4 is 0 Å². The zero-order valence-electron chi connectivity index (χ0n) is 10.7. The standard InChI is InChI=1S/C17H13NOS/c19-17(10-11-20-13-6-2-1-3-7-13)15-12-18-16-9-5-4-8-14(15)16/h1-12,18H/b11-10+. The van der Waals surface area contributed by atoms with Gasteiger partial charge < -0.3 is 4.98 Å².